The van der Waals surface area contributed by atoms with Crippen molar-refractivity contribution < 1.29 is 14.3 Å². The van der Waals surface area contributed by atoms with Crippen molar-refractivity contribution in [3.63, 3.8) is 0 Å². The summed E-state index contributed by atoms with van der Waals surface area (Å²) in [6.45, 7) is 0.766. The van der Waals surface area contributed by atoms with Gasteiger partial charge < -0.3 is 9.47 Å². The van der Waals surface area contributed by atoms with Crippen LogP contribution in [0.15, 0.2) is 42.5 Å². The SMILES string of the molecule is COc1ccc(CN2C3CCC(=O)C2c2ccc(OC)cc23)cc1. The highest BCUT2D eigenvalue weighted by Crippen LogP contribution is 2.50. The molecule has 4 nitrogen and oxygen atoms in total. The van der Waals surface area contributed by atoms with Crippen LogP contribution in [0.4, 0.5) is 0 Å². The van der Waals surface area contributed by atoms with Gasteiger partial charge in [-0.1, -0.05) is 18.2 Å². The molecule has 0 aromatic heterocycles. The van der Waals surface area contributed by atoms with Gasteiger partial charge in [0, 0.05) is 19.0 Å². The lowest BCUT2D eigenvalue weighted by molar-refractivity contribution is -0.128. The van der Waals surface area contributed by atoms with Gasteiger partial charge in [0.05, 0.1) is 20.3 Å². The third-order valence-electron chi connectivity index (χ3n) is 5.17. The lowest BCUT2D eigenvalue weighted by atomic mass is 9.98. The molecule has 4 heteroatoms. The molecule has 2 aliphatic heterocycles. The Morgan fingerprint density at radius 3 is 2.42 bits per heavy atom. The topological polar surface area (TPSA) is 38.8 Å². The number of ketones is 1. The monoisotopic (exact) mass is 323 g/mol. The summed E-state index contributed by atoms with van der Waals surface area (Å²) in [7, 11) is 3.35. The summed E-state index contributed by atoms with van der Waals surface area (Å²) >= 11 is 0. The highest BCUT2D eigenvalue weighted by atomic mass is 16.5. The maximum absolute atomic E-state index is 12.6. The number of carbonyl (C=O) groups is 1. The summed E-state index contributed by atoms with van der Waals surface area (Å²) in [4.78, 5) is 14.9. The van der Waals surface area contributed by atoms with Crippen LogP contribution in [0.25, 0.3) is 0 Å². The minimum absolute atomic E-state index is 0.119. The summed E-state index contributed by atoms with van der Waals surface area (Å²) in [6.07, 6.45) is 1.54. The zero-order valence-electron chi connectivity index (χ0n) is 14.0. The summed E-state index contributed by atoms with van der Waals surface area (Å²) in [5.74, 6) is 2.03. The molecule has 2 aliphatic rings. The van der Waals surface area contributed by atoms with Crippen molar-refractivity contribution in [2.24, 2.45) is 0 Å². The zero-order chi connectivity index (χ0) is 16.7. The van der Waals surface area contributed by atoms with Gasteiger partial charge in [-0.15, -0.1) is 0 Å². The second kappa shape index (κ2) is 5.95. The van der Waals surface area contributed by atoms with E-state index in [1.165, 1.54) is 11.1 Å². The molecule has 2 bridgehead atoms. The Hall–Kier alpha value is -2.33. The standard InChI is InChI=1S/C20H21NO3/c1-23-14-5-3-13(4-6-14)12-21-18-9-10-19(22)20(21)16-8-7-15(24-2)11-17(16)18/h3-8,11,18,20H,9-10,12H2,1-2H3. The molecule has 0 saturated carbocycles. The Bertz CT molecular complexity index is 769. The number of piperidine rings is 1. The number of Topliss-reactive ketones (excluding diaryl/α,β-unsaturated/α-hetero) is 1. The van der Waals surface area contributed by atoms with Crippen LogP contribution >= 0.6 is 0 Å². The largest absolute Gasteiger partial charge is 0.497 e. The molecular formula is C20H21NO3. The van der Waals surface area contributed by atoms with Gasteiger partial charge in [0.1, 0.15) is 11.5 Å². The van der Waals surface area contributed by atoms with Crippen LogP contribution in [0.1, 0.15) is 41.6 Å². The van der Waals surface area contributed by atoms with Crippen molar-refractivity contribution in [1.82, 2.24) is 4.90 Å². The fraction of sp³-hybridized carbons (Fsp3) is 0.350. The first-order chi connectivity index (χ1) is 11.7. The average molecular weight is 323 g/mol. The average Bonchev–Trinajstić information content (AvgIpc) is 2.84. The van der Waals surface area contributed by atoms with E-state index in [4.69, 9.17) is 9.47 Å². The van der Waals surface area contributed by atoms with E-state index in [0.717, 1.165) is 30.0 Å². The molecule has 1 saturated heterocycles. The molecule has 4 rings (SSSR count). The number of ether oxygens (including phenoxy) is 2. The molecule has 0 amide bonds. The van der Waals surface area contributed by atoms with Crippen LogP contribution in [0, 0.1) is 0 Å². The van der Waals surface area contributed by atoms with Crippen molar-refractivity contribution >= 4 is 5.78 Å². The first-order valence-corrected chi connectivity index (χ1v) is 8.30. The Morgan fingerprint density at radius 2 is 1.71 bits per heavy atom. The number of hydrogen-bond donors (Lipinski definition) is 0. The van der Waals surface area contributed by atoms with Crippen LogP contribution in [0.2, 0.25) is 0 Å². The second-order valence-electron chi connectivity index (χ2n) is 6.44. The maximum atomic E-state index is 12.6. The third kappa shape index (κ3) is 2.38. The molecular weight excluding hydrogens is 302 g/mol. The molecule has 0 spiro atoms. The van der Waals surface area contributed by atoms with Gasteiger partial charge in [-0.25, -0.2) is 0 Å². The molecule has 24 heavy (non-hydrogen) atoms. The smallest absolute Gasteiger partial charge is 0.154 e. The minimum Gasteiger partial charge on any atom is -0.497 e. The number of hydrogen-bond acceptors (Lipinski definition) is 4. The van der Waals surface area contributed by atoms with E-state index in [1.54, 1.807) is 14.2 Å². The molecule has 2 atom stereocenters. The van der Waals surface area contributed by atoms with Gasteiger partial charge in [0.25, 0.3) is 0 Å². The molecule has 0 radical (unpaired) electrons. The first kappa shape index (κ1) is 15.2. The third-order valence-corrected chi connectivity index (χ3v) is 5.17. The summed E-state index contributed by atoms with van der Waals surface area (Å²) in [5.41, 5.74) is 3.59. The molecule has 2 aromatic carbocycles. The summed E-state index contributed by atoms with van der Waals surface area (Å²) < 4.78 is 10.6. The molecule has 124 valence electrons. The zero-order valence-corrected chi connectivity index (χ0v) is 14.0. The Kier molecular flexibility index (Phi) is 3.77. The van der Waals surface area contributed by atoms with Gasteiger partial charge in [-0.05, 0) is 47.4 Å². The van der Waals surface area contributed by atoms with E-state index < -0.39 is 0 Å². The van der Waals surface area contributed by atoms with Gasteiger partial charge in [-0.3, -0.25) is 9.69 Å². The van der Waals surface area contributed by atoms with Gasteiger partial charge >= 0.3 is 0 Å². The van der Waals surface area contributed by atoms with Crippen molar-refractivity contribution in [3.8, 4) is 11.5 Å². The Morgan fingerprint density at radius 1 is 1.00 bits per heavy atom. The number of fused-ring (bicyclic) bond motifs is 5. The fourth-order valence-electron chi connectivity index (χ4n) is 3.99. The predicted octanol–water partition coefficient (Wildman–Crippen LogP) is 3.66. The second-order valence-corrected chi connectivity index (χ2v) is 6.44. The van der Waals surface area contributed by atoms with Gasteiger partial charge in [-0.2, -0.15) is 0 Å². The van der Waals surface area contributed by atoms with Crippen molar-refractivity contribution in [2.45, 2.75) is 31.5 Å². The van der Waals surface area contributed by atoms with Crippen molar-refractivity contribution in [3.05, 3.63) is 59.2 Å². The van der Waals surface area contributed by atoms with E-state index in [9.17, 15) is 4.79 Å². The minimum atomic E-state index is -0.119. The van der Waals surface area contributed by atoms with Crippen LogP contribution in [-0.2, 0) is 11.3 Å². The van der Waals surface area contributed by atoms with E-state index in [2.05, 4.69) is 29.2 Å². The molecule has 2 aromatic rings. The number of rotatable bonds is 4. The maximum Gasteiger partial charge on any atom is 0.154 e. The first-order valence-electron chi connectivity index (χ1n) is 8.30. The Balaban J connectivity index is 1.67. The molecule has 1 fully saturated rings. The number of methoxy groups -OCH3 is 2. The van der Waals surface area contributed by atoms with Crippen LogP contribution in [-0.4, -0.2) is 24.9 Å². The van der Waals surface area contributed by atoms with Crippen molar-refractivity contribution in [2.75, 3.05) is 14.2 Å². The molecule has 0 aliphatic carbocycles. The number of benzene rings is 2. The quantitative estimate of drug-likeness (QED) is 0.861. The number of carbonyl (C=O) groups excluding carboxylic acids is 1. The number of nitrogens with zero attached hydrogens (tertiary/aromatic N) is 1. The van der Waals surface area contributed by atoms with E-state index in [0.29, 0.717) is 18.2 Å². The van der Waals surface area contributed by atoms with E-state index in [1.807, 2.05) is 18.2 Å². The normalized spacial score (nSPS) is 22.3. The lowest BCUT2D eigenvalue weighted by Crippen LogP contribution is -2.35. The van der Waals surface area contributed by atoms with Crippen LogP contribution in [0.5, 0.6) is 11.5 Å². The molecule has 2 heterocycles. The van der Waals surface area contributed by atoms with Gasteiger partial charge in [0.2, 0.25) is 0 Å². The lowest BCUT2D eigenvalue weighted by Gasteiger charge is -2.34. The predicted molar refractivity (Wildman–Crippen MR) is 91.3 cm³/mol. The van der Waals surface area contributed by atoms with Gasteiger partial charge in [0.15, 0.2) is 5.78 Å². The molecule has 2 unspecified atom stereocenters. The van der Waals surface area contributed by atoms with Crippen LogP contribution in [0.3, 0.4) is 0 Å². The van der Waals surface area contributed by atoms with E-state index >= 15 is 0 Å². The Labute approximate surface area is 142 Å². The highest BCUT2D eigenvalue weighted by molar-refractivity contribution is 5.88. The summed E-state index contributed by atoms with van der Waals surface area (Å²) in [6, 6.07) is 14.4. The van der Waals surface area contributed by atoms with Crippen molar-refractivity contribution in [1.29, 1.82) is 0 Å². The molecule has 0 N–H and O–H groups in total. The summed E-state index contributed by atoms with van der Waals surface area (Å²) in [5, 5.41) is 0. The van der Waals surface area contributed by atoms with E-state index in [-0.39, 0.29) is 6.04 Å². The highest BCUT2D eigenvalue weighted by Gasteiger charge is 2.45. The van der Waals surface area contributed by atoms with Crippen LogP contribution < -0.4 is 9.47 Å². The fourth-order valence-corrected chi connectivity index (χ4v) is 3.99.